The van der Waals surface area contributed by atoms with Crippen molar-refractivity contribution in [3.05, 3.63) is 65.4 Å². The van der Waals surface area contributed by atoms with Crippen molar-refractivity contribution >= 4 is 40.6 Å². The summed E-state index contributed by atoms with van der Waals surface area (Å²) in [4.78, 5) is 44.1. The first kappa shape index (κ1) is 32.7. The molecule has 2 aliphatic carbocycles. The number of hydrogen-bond acceptors (Lipinski definition) is 11. The average Bonchev–Trinajstić information content (AvgIpc) is 4.05. The number of nitrogens with zero attached hydrogens (tertiary/aromatic N) is 9. The summed E-state index contributed by atoms with van der Waals surface area (Å²) >= 11 is 0. The molecule has 3 fully saturated rings. The Balaban J connectivity index is 1.04. The molecule has 0 spiro atoms. The Morgan fingerprint density at radius 3 is 2.43 bits per heavy atom. The van der Waals surface area contributed by atoms with Crippen LogP contribution in [0.2, 0.25) is 0 Å². The fourth-order valence-corrected chi connectivity index (χ4v) is 7.01. The minimum absolute atomic E-state index is 0.00718. The fourth-order valence-electron chi connectivity index (χ4n) is 7.01. The molecule has 51 heavy (non-hydrogen) atoms. The maximum absolute atomic E-state index is 13.3. The first-order valence-corrected chi connectivity index (χ1v) is 17.6. The van der Waals surface area contributed by atoms with E-state index in [4.69, 9.17) is 5.10 Å². The van der Waals surface area contributed by atoms with Crippen molar-refractivity contribution in [1.29, 1.82) is 0 Å². The van der Waals surface area contributed by atoms with Crippen molar-refractivity contribution in [3.8, 4) is 11.1 Å². The van der Waals surface area contributed by atoms with E-state index in [1.54, 1.807) is 26.2 Å². The van der Waals surface area contributed by atoms with E-state index < -0.39 is 0 Å². The van der Waals surface area contributed by atoms with Gasteiger partial charge in [-0.1, -0.05) is 19.1 Å². The summed E-state index contributed by atoms with van der Waals surface area (Å²) in [6.07, 6.45) is 6.47. The molecule has 4 aliphatic rings. The van der Waals surface area contributed by atoms with Gasteiger partial charge in [0.05, 0.1) is 46.7 Å². The summed E-state index contributed by atoms with van der Waals surface area (Å²) in [6.45, 7) is 4.48. The third-order valence-corrected chi connectivity index (χ3v) is 10.1. The van der Waals surface area contributed by atoms with E-state index in [0.29, 0.717) is 23.7 Å². The van der Waals surface area contributed by atoms with Crippen LogP contribution in [-0.2, 0) is 11.3 Å². The topological polar surface area (TPSA) is 166 Å². The van der Waals surface area contributed by atoms with Crippen molar-refractivity contribution in [2.75, 3.05) is 49.8 Å². The van der Waals surface area contributed by atoms with Crippen LogP contribution >= 0.6 is 0 Å². The van der Waals surface area contributed by atoms with Crippen LogP contribution in [0.5, 0.6) is 0 Å². The monoisotopic (exact) mass is 690 g/mol. The van der Waals surface area contributed by atoms with Gasteiger partial charge in [0.25, 0.3) is 11.8 Å². The number of rotatable bonds is 11. The van der Waals surface area contributed by atoms with E-state index in [0.717, 1.165) is 73.4 Å². The average molecular weight is 691 g/mol. The lowest BCUT2D eigenvalue weighted by Crippen LogP contribution is -2.48. The zero-order valence-electron chi connectivity index (χ0n) is 29.3. The van der Waals surface area contributed by atoms with Gasteiger partial charge in [0.2, 0.25) is 5.91 Å². The minimum atomic E-state index is -0.293. The van der Waals surface area contributed by atoms with E-state index in [2.05, 4.69) is 70.9 Å². The van der Waals surface area contributed by atoms with E-state index in [1.807, 2.05) is 24.4 Å². The van der Waals surface area contributed by atoms with Gasteiger partial charge in [-0.3, -0.25) is 24.0 Å². The third kappa shape index (κ3) is 6.37. The van der Waals surface area contributed by atoms with Gasteiger partial charge < -0.3 is 25.8 Å². The summed E-state index contributed by atoms with van der Waals surface area (Å²) in [5, 5.41) is 31.2. The van der Waals surface area contributed by atoms with Gasteiger partial charge in [-0.15, -0.1) is 15.3 Å². The smallest absolute Gasteiger partial charge is 0.274 e. The molecule has 2 saturated carbocycles. The van der Waals surface area contributed by atoms with E-state index in [-0.39, 0.29) is 47.5 Å². The molecule has 1 aromatic carbocycles. The maximum Gasteiger partial charge on any atom is 0.274 e. The van der Waals surface area contributed by atoms with Gasteiger partial charge in [0, 0.05) is 69.9 Å². The number of likely N-dealkylation sites (tertiary alicyclic amines) is 1. The summed E-state index contributed by atoms with van der Waals surface area (Å²) in [5.41, 5.74) is 6.93. The van der Waals surface area contributed by atoms with Crippen LogP contribution in [0.4, 0.5) is 22.9 Å². The standard InChI is InChI=1S/C36H42N12O3/c1-5-29-33-25(16-37-48(33)23-18-47(19-23)17-22-13-14-27(42-41-22)36(51)45(2)3)24-7-6-8-26(32(24)46(29)4)39-28-15-30(40-34(49)20-9-10-20)43-44-31(28)35(50)38-21-11-12-21/h6-8,13-16,20-21,23,29H,5,9-12,17-19H2,1-4H3,(H,38,50)(H2,39,40,43,49). The number of aromatic nitrogens is 6. The molecule has 1 saturated heterocycles. The molecular formula is C36H42N12O3. The van der Waals surface area contributed by atoms with Crippen LogP contribution in [0.1, 0.15) is 83.5 Å². The Labute approximate surface area is 295 Å². The molecule has 0 radical (unpaired) electrons. The van der Waals surface area contributed by atoms with Crippen LogP contribution in [0.25, 0.3) is 11.1 Å². The molecule has 4 aromatic rings. The van der Waals surface area contributed by atoms with Crippen LogP contribution in [-0.4, -0.2) is 98.0 Å². The number of benzene rings is 1. The Morgan fingerprint density at radius 1 is 0.941 bits per heavy atom. The number of carbonyl (C=O) groups is 3. The molecule has 1 atom stereocenters. The second kappa shape index (κ2) is 13.0. The van der Waals surface area contributed by atoms with Gasteiger partial charge in [-0.05, 0) is 50.3 Å². The van der Waals surface area contributed by atoms with Gasteiger partial charge >= 0.3 is 0 Å². The second-order valence-corrected chi connectivity index (χ2v) is 14.2. The fraction of sp³-hybridized carbons (Fsp3) is 0.444. The highest BCUT2D eigenvalue weighted by Crippen LogP contribution is 2.50. The highest BCUT2D eigenvalue weighted by atomic mass is 16.2. The van der Waals surface area contributed by atoms with E-state index >= 15 is 0 Å². The Hall–Kier alpha value is -5.44. The van der Waals surface area contributed by atoms with Gasteiger partial charge in [-0.25, -0.2) is 0 Å². The minimum Gasteiger partial charge on any atom is -0.364 e. The van der Waals surface area contributed by atoms with Crippen LogP contribution < -0.4 is 20.9 Å². The molecule has 15 nitrogen and oxygen atoms in total. The molecule has 15 heteroatoms. The Morgan fingerprint density at radius 2 is 1.75 bits per heavy atom. The zero-order chi connectivity index (χ0) is 35.4. The van der Waals surface area contributed by atoms with Crippen molar-refractivity contribution in [2.24, 2.45) is 5.92 Å². The summed E-state index contributed by atoms with van der Waals surface area (Å²) < 4.78 is 2.19. The maximum atomic E-state index is 13.3. The largest absolute Gasteiger partial charge is 0.364 e. The molecule has 8 rings (SSSR count). The number of anilines is 4. The van der Waals surface area contributed by atoms with Gasteiger partial charge in [-0.2, -0.15) is 10.2 Å². The van der Waals surface area contributed by atoms with Crippen molar-refractivity contribution in [3.63, 3.8) is 0 Å². The normalized spacial score (nSPS) is 18.4. The third-order valence-electron chi connectivity index (χ3n) is 10.1. The summed E-state index contributed by atoms with van der Waals surface area (Å²) in [7, 11) is 5.49. The molecule has 2 aliphatic heterocycles. The summed E-state index contributed by atoms with van der Waals surface area (Å²) in [6, 6.07) is 11.8. The molecule has 5 heterocycles. The first-order valence-electron chi connectivity index (χ1n) is 17.6. The number of amides is 3. The molecule has 0 bridgehead atoms. The molecule has 264 valence electrons. The van der Waals surface area contributed by atoms with Crippen molar-refractivity contribution < 1.29 is 14.4 Å². The molecule has 3 amide bonds. The van der Waals surface area contributed by atoms with Gasteiger partial charge in [0.15, 0.2) is 17.2 Å². The molecule has 3 aromatic heterocycles. The van der Waals surface area contributed by atoms with Crippen LogP contribution in [0.15, 0.2) is 42.6 Å². The van der Waals surface area contributed by atoms with Gasteiger partial charge in [0.1, 0.15) is 0 Å². The van der Waals surface area contributed by atoms with Crippen molar-refractivity contribution in [1.82, 2.24) is 45.3 Å². The highest BCUT2D eigenvalue weighted by molar-refractivity contribution is 6.01. The predicted molar refractivity (Wildman–Crippen MR) is 191 cm³/mol. The number of carbonyl (C=O) groups excluding carboxylic acids is 3. The van der Waals surface area contributed by atoms with E-state index in [9.17, 15) is 14.4 Å². The van der Waals surface area contributed by atoms with Crippen LogP contribution in [0.3, 0.4) is 0 Å². The second-order valence-electron chi connectivity index (χ2n) is 14.2. The Kier molecular flexibility index (Phi) is 8.37. The number of hydrogen-bond donors (Lipinski definition) is 3. The lowest BCUT2D eigenvalue weighted by atomic mass is 9.91. The molecule has 3 N–H and O–H groups in total. The number of fused-ring (bicyclic) bond motifs is 3. The Bertz CT molecular complexity index is 2000. The first-order chi connectivity index (χ1) is 24.7. The number of para-hydroxylation sites is 1. The van der Waals surface area contributed by atoms with Crippen LogP contribution in [0, 0.1) is 5.92 Å². The lowest BCUT2D eigenvalue weighted by Gasteiger charge is -2.43. The molecule has 1 unspecified atom stereocenters. The van der Waals surface area contributed by atoms with E-state index in [1.165, 1.54) is 10.6 Å². The summed E-state index contributed by atoms with van der Waals surface area (Å²) in [5.74, 6) is -0.219. The quantitative estimate of drug-likeness (QED) is 0.210. The molecular weight excluding hydrogens is 648 g/mol. The zero-order valence-corrected chi connectivity index (χ0v) is 29.3. The van der Waals surface area contributed by atoms with Crippen molar-refractivity contribution in [2.45, 2.75) is 63.7 Å². The number of nitrogens with one attached hydrogen (secondary N) is 3. The lowest BCUT2D eigenvalue weighted by molar-refractivity contribution is -0.117. The highest BCUT2D eigenvalue weighted by Gasteiger charge is 2.38. The predicted octanol–water partition coefficient (Wildman–Crippen LogP) is 3.77. The SMILES string of the molecule is CCC1c2c(cnn2C2CN(Cc3ccc(C(=O)N(C)C)nn3)C2)-c2cccc(Nc3cc(NC(=O)C4CC4)nnc3C(=O)NC3CC3)c2N1C.